The fourth-order valence-corrected chi connectivity index (χ4v) is 4.46. The molecule has 0 spiro atoms. The van der Waals surface area contributed by atoms with Gasteiger partial charge in [0, 0.05) is 12.6 Å². The standard InChI is InChI=1S/C27H32N2O3/c1-4-20-8-10-21(11-9-20)23(29-12-6-5-7-13-29)17-28-27(31)26-16-24(30)22-14-18(2)19(3)15-25(22)32-26/h8-11,14-16,23H,4-7,12-13,17H2,1-3H3,(H,28,31). The van der Waals surface area contributed by atoms with Crippen LogP contribution in [0.3, 0.4) is 0 Å². The van der Waals surface area contributed by atoms with Gasteiger partial charge in [-0.1, -0.05) is 37.6 Å². The molecule has 4 rings (SSSR count). The van der Waals surface area contributed by atoms with Crippen LogP contribution in [0, 0.1) is 13.8 Å². The number of nitrogens with zero attached hydrogens (tertiary/aromatic N) is 1. The van der Waals surface area contributed by atoms with E-state index in [4.69, 9.17) is 4.42 Å². The summed E-state index contributed by atoms with van der Waals surface area (Å²) in [5, 5.41) is 3.53. The molecule has 1 unspecified atom stereocenters. The SMILES string of the molecule is CCc1ccc(C(CNC(=O)c2cc(=O)c3cc(C)c(C)cc3o2)N2CCCCC2)cc1. The van der Waals surface area contributed by atoms with Crippen molar-refractivity contribution < 1.29 is 9.21 Å². The molecule has 1 atom stereocenters. The van der Waals surface area contributed by atoms with Gasteiger partial charge in [-0.15, -0.1) is 0 Å². The molecule has 1 N–H and O–H groups in total. The van der Waals surface area contributed by atoms with E-state index in [9.17, 15) is 9.59 Å². The Morgan fingerprint density at radius 3 is 2.41 bits per heavy atom. The van der Waals surface area contributed by atoms with Gasteiger partial charge in [0.25, 0.3) is 5.91 Å². The Morgan fingerprint density at radius 2 is 1.72 bits per heavy atom. The molecule has 5 nitrogen and oxygen atoms in total. The first-order chi connectivity index (χ1) is 15.5. The molecule has 5 heteroatoms. The van der Waals surface area contributed by atoms with E-state index in [1.807, 2.05) is 26.0 Å². The zero-order valence-corrected chi connectivity index (χ0v) is 19.2. The lowest BCUT2D eigenvalue weighted by Crippen LogP contribution is -2.40. The van der Waals surface area contributed by atoms with Crippen molar-refractivity contribution in [3.63, 3.8) is 0 Å². The van der Waals surface area contributed by atoms with Gasteiger partial charge in [0.05, 0.1) is 11.4 Å². The number of piperidine rings is 1. The molecule has 0 bridgehead atoms. The Labute approximate surface area is 189 Å². The molecule has 1 amide bonds. The second kappa shape index (κ2) is 9.70. The number of rotatable bonds is 6. The van der Waals surface area contributed by atoms with Crippen LogP contribution in [-0.2, 0) is 6.42 Å². The van der Waals surface area contributed by atoms with Gasteiger partial charge in [0.15, 0.2) is 11.2 Å². The predicted octanol–water partition coefficient (Wildman–Crippen LogP) is 4.93. The first-order valence-corrected chi connectivity index (χ1v) is 11.6. The lowest BCUT2D eigenvalue weighted by molar-refractivity contribution is 0.0897. The van der Waals surface area contributed by atoms with Gasteiger partial charge in [0.2, 0.25) is 0 Å². The van der Waals surface area contributed by atoms with Crippen LogP contribution < -0.4 is 10.7 Å². The Hall–Kier alpha value is -2.92. The van der Waals surface area contributed by atoms with E-state index in [0.717, 1.165) is 30.6 Å². The number of carbonyl (C=O) groups is 1. The second-order valence-corrected chi connectivity index (χ2v) is 8.83. The number of benzene rings is 2. The van der Waals surface area contributed by atoms with Crippen molar-refractivity contribution in [2.24, 2.45) is 0 Å². The fourth-order valence-electron chi connectivity index (χ4n) is 4.46. The summed E-state index contributed by atoms with van der Waals surface area (Å²) in [6.45, 7) is 8.60. The Bertz CT molecular complexity index is 1160. The van der Waals surface area contributed by atoms with Crippen LogP contribution in [0.1, 0.15) is 65.0 Å². The van der Waals surface area contributed by atoms with E-state index in [-0.39, 0.29) is 23.1 Å². The molecular formula is C27H32N2O3. The molecule has 2 aromatic carbocycles. The monoisotopic (exact) mass is 432 g/mol. The zero-order valence-electron chi connectivity index (χ0n) is 19.2. The topological polar surface area (TPSA) is 62.6 Å². The average Bonchev–Trinajstić information content (AvgIpc) is 2.81. The van der Waals surface area contributed by atoms with Gasteiger partial charge >= 0.3 is 0 Å². The summed E-state index contributed by atoms with van der Waals surface area (Å²) >= 11 is 0. The highest BCUT2D eigenvalue weighted by molar-refractivity contribution is 5.93. The third-order valence-electron chi connectivity index (χ3n) is 6.63. The van der Waals surface area contributed by atoms with Gasteiger partial charge in [-0.3, -0.25) is 14.5 Å². The number of aryl methyl sites for hydroxylation is 3. The van der Waals surface area contributed by atoms with E-state index >= 15 is 0 Å². The molecule has 3 aromatic rings. The van der Waals surface area contributed by atoms with Crippen LogP contribution in [0.5, 0.6) is 0 Å². The number of hydrogen-bond donors (Lipinski definition) is 1. The summed E-state index contributed by atoms with van der Waals surface area (Å²) in [7, 11) is 0. The smallest absolute Gasteiger partial charge is 0.287 e. The van der Waals surface area contributed by atoms with Crippen molar-refractivity contribution in [3.05, 3.63) is 80.7 Å². The molecule has 1 saturated heterocycles. The number of carbonyl (C=O) groups excluding carboxylic acids is 1. The highest BCUT2D eigenvalue weighted by atomic mass is 16.3. The lowest BCUT2D eigenvalue weighted by atomic mass is 9.99. The maximum atomic E-state index is 12.9. The quantitative estimate of drug-likeness (QED) is 0.600. The van der Waals surface area contributed by atoms with Crippen molar-refractivity contribution in [2.75, 3.05) is 19.6 Å². The largest absolute Gasteiger partial charge is 0.451 e. The second-order valence-electron chi connectivity index (χ2n) is 8.83. The van der Waals surface area contributed by atoms with Gasteiger partial charge in [0.1, 0.15) is 5.58 Å². The number of likely N-dealkylation sites (tertiary alicyclic amines) is 1. The lowest BCUT2D eigenvalue weighted by Gasteiger charge is -2.35. The maximum Gasteiger partial charge on any atom is 0.287 e. The summed E-state index contributed by atoms with van der Waals surface area (Å²) < 4.78 is 5.83. The molecule has 1 aliphatic rings. The molecule has 32 heavy (non-hydrogen) atoms. The molecule has 1 aromatic heterocycles. The van der Waals surface area contributed by atoms with Crippen molar-refractivity contribution >= 4 is 16.9 Å². The first-order valence-electron chi connectivity index (χ1n) is 11.6. The van der Waals surface area contributed by atoms with Crippen LogP contribution in [-0.4, -0.2) is 30.4 Å². The van der Waals surface area contributed by atoms with Crippen LogP contribution in [0.4, 0.5) is 0 Å². The minimum Gasteiger partial charge on any atom is -0.451 e. The number of nitrogens with one attached hydrogen (secondary N) is 1. The molecule has 2 heterocycles. The normalized spacial score (nSPS) is 15.6. The van der Waals surface area contributed by atoms with Crippen molar-refractivity contribution in [2.45, 2.75) is 52.5 Å². The molecular weight excluding hydrogens is 400 g/mol. The van der Waals surface area contributed by atoms with Crippen molar-refractivity contribution in [1.82, 2.24) is 10.2 Å². The predicted molar refractivity (Wildman–Crippen MR) is 128 cm³/mol. The maximum absolute atomic E-state index is 12.9. The highest BCUT2D eigenvalue weighted by Gasteiger charge is 2.24. The molecule has 1 aliphatic heterocycles. The number of amides is 1. The van der Waals surface area contributed by atoms with Gasteiger partial charge in [-0.2, -0.15) is 0 Å². The van der Waals surface area contributed by atoms with Gasteiger partial charge in [-0.25, -0.2) is 0 Å². The van der Waals surface area contributed by atoms with E-state index < -0.39 is 0 Å². The van der Waals surface area contributed by atoms with Crippen LogP contribution in [0.25, 0.3) is 11.0 Å². The summed E-state index contributed by atoms with van der Waals surface area (Å²) in [5.74, 6) is -0.293. The summed E-state index contributed by atoms with van der Waals surface area (Å²) in [6.07, 6.45) is 4.61. The van der Waals surface area contributed by atoms with Gasteiger partial charge in [-0.05, 0) is 80.6 Å². The van der Waals surface area contributed by atoms with Crippen LogP contribution >= 0.6 is 0 Å². The van der Waals surface area contributed by atoms with Crippen molar-refractivity contribution in [1.29, 1.82) is 0 Å². The molecule has 0 saturated carbocycles. The minimum absolute atomic E-state index is 0.0597. The highest BCUT2D eigenvalue weighted by Crippen LogP contribution is 2.25. The minimum atomic E-state index is -0.352. The average molecular weight is 433 g/mol. The molecule has 0 aliphatic carbocycles. The Kier molecular flexibility index (Phi) is 6.75. The third kappa shape index (κ3) is 4.78. The Morgan fingerprint density at radius 1 is 1.03 bits per heavy atom. The fraction of sp³-hybridized carbons (Fsp3) is 0.407. The Balaban J connectivity index is 1.56. The van der Waals surface area contributed by atoms with Crippen LogP contribution in [0.2, 0.25) is 0 Å². The van der Waals surface area contributed by atoms with Crippen molar-refractivity contribution in [3.8, 4) is 0 Å². The van der Waals surface area contributed by atoms with E-state index in [0.29, 0.717) is 17.5 Å². The van der Waals surface area contributed by atoms with Crippen LogP contribution in [0.15, 0.2) is 51.7 Å². The third-order valence-corrected chi connectivity index (χ3v) is 6.63. The summed E-state index contributed by atoms with van der Waals surface area (Å²) in [5.41, 5.74) is 4.82. The number of hydrogen-bond acceptors (Lipinski definition) is 4. The first kappa shape index (κ1) is 22.3. The number of fused-ring (bicyclic) bond motifs is 1. The van der Waals surface area contributed by atoms with E-state index in [1.54, 1.807) is 0 Å². The van der Waals surface area contributed by atoms with E-state index in [1.165, 1.54) is 36.5 Å². The molecule has 168 valence electrons. The summed E-state index contributed by atoms with van der Waals surface area (Å²) in [4.78, 5) is 28.0. The van der Waals surface area contributed by atoms with E-state index in [2.05, 4.69) is 41.4 Å². The molecule has 1 fully saturated rings. The van der Waals surface area contributed by atoms with Gasteiger partial charge < -0.3 is 9.73 Å². The summed E-state index contributed by atoms with van der Waals surface area (Å²) in [6, 6.07) is 13.7. The molecule has 0 radical (unpaired) electrons. The zero-order chi connectivity index (χ0) is 22.7.